The fourth-order valence-corrected chi connectivity index (χ4v) is 4.60. The summed E-state index contributed by atoms with van der Waals surface area (Å²) in [5.74, 6) is 1.37. The standard InChI is InChI=1S/C11H18OSi/c1-13(2,3)9-6-8-4-5-11(12)10(8)7-9/h4-5,8-10H,6-7H2,1-3H3/t8-,9-,10+/m0/s1. The van der Waals surface area contributed by atoms with Gasteiger partial charge in [0.15, 0.2) is 5.78 Å². The van der Waals surface area contributed by atoms with Crippen LogP contribution in [0.3, 0.4) is 0 Å². The van der Waals surface area contributed by atoms with Crippen molar-refractivity contribution in [2.45, 2.75) is 38.0 Å². The second-order valence-corrected chi connectivity index (χ2v) is 11.1. The van der Waals surface area contributed by atoms with Crippen molar-refractivity contribution in [3.63, 3.8) is 0 Å². The summed E-state index contributed by atoms with van der Waals surface area (Å²) in [6.07, 6.45) is 6.40. The Labute approximate surface area is 81.2 Å². The number of hydrogen-bond donors (Lipinski definition) is 0. The van der Waals surface area contributed by atoms with Crippen molar-refractivity contribution >= 4 is 13.9 Å². The van der Waals surface area contributed by atoms with Gasteiger partial charge in [0.25, 0.3) is 0 Å². The van der Waals surface area contributed by atoms with Gasteiger partial charge in [-0.3, -0.25) is 4.79 Å². The number of carbonyl (C=O) groups is 1. The zero-order valence-electron chi connectivity index (χ0n) is 8.71. The molecule has 0 heterocycles. The van der Waals surface area contributed by atoms with Gasteiger partial charge in [0, 0.05) is 14.0 Å². The number of carbonyl (C=O) groups excluding carboxylic acids is 1. The Morgan fingerprint density at radius 2 is 2.00 bits per heavy atom. The summed E-state index contributed by atoms with van der Waals surface area (Å²) in [5.41, 5.74) is 0.872. The number of rotatable bonds is 1. The van der Waals surface area contributed by atoms with E-state index < -0.39 is 8.07 Å². The van der Waals surface area contributed by atoms with Gasteiger partial charge in [0.1, 0.15) is 0 Å². The fourth-order valence-electron chi connectivity index (χ4n) is 2.66. The van der Waals surface area contributed by atoms with E-state index in [1.54, 1.807) is 6.08 Å². The van der Waals surface area contributed by atoms with Crippen LogP contribution in [-0.2, 0) is 4.79 Å². The molecule has 1 saturated carbocycles. The van der Waals surface area contributed by atoms with Gasteiger partial charge in [-0.2, -0.15) is 0 Å². The minimum atomic E-state index is -1.01. The van der Waals surface area contributed by atoms with Crippen LogP contribution in [0.1, 0.15) is 12.8 Å². The number of fused-ring (bicyclic) bond motifs is 1. The third-order valence-corrected chi connectivity index (χ3v) is 6.63. The molecule has 2 aliphatic carbocycles. The molecule has 0 unspecified atom stereocenters. The first kappa shape index (κ1) is 9.19. The molecule has 0 spiro atoms. The van der Waals surface area contributed by atoms with E-state index in [-0.39, 0.29) is 0 Å². The van der Waals surface area contributed by atoms with E-state index in [0.29, 0.717) is 17.6 Å². The highest BCUT2D eigenvalue weighted by Gasteiger charge is 2.43. The van der Waals surface area contributed by atoms with Gasteiger partial charge in [-0.25, -0.2) is 0 Å². The molecule has 0 saturated heterocycles. The zero-order chi connectivity index (χ0) is 9.64. The average molecular weight is 194 g/mol. The van der Waals surface area contributed by atoms with Gasteiger partial charge in [0.05, 0.1) is 0 Å². The van der Waals surface area contributed by atoms with E-state index in [1.807, 2.05) is 0 Å². The Hall–Kier alpha value is -0.373. The van der Waals surface area contributed by atoms with Gasteiger partial charge in [0.2, 0.25) is 0 Å². The van der Waals surface area contributed by atoms with Crippen molar-refractivity contribution in [3.05, 3.63) is 12.2 Å². The first-order chi connectivity index (χ1) is 5.98. The van der Waals surface area contributed by atoms with Crippen LogP contribution in [0.25, 0.3) is 0 Å². The van der Waals surface area contributed by atoms with Crippen LogP contribution in [-0.4, -0.2) is 13.9 Å². The molecule has 3 atom stereocenters. The van der Waals surface area contributed by atoms with Gasteiger partial charge >= 0.3 is 0 Å². The minimum Gasteiger partial charge on any atom is -0.295 e. The highest BCUT2D eigenvalue weighted by molar-refractivity contribution is 6.77. The molecule has 0 aromatic carbocycles. The van der Waals surface area contributed by atoms with E-state index in [9.17, 15) is 4.79 Å². The quantitative estimate of drug-likeness (QED) is 0.587. The first-order valence-electron chi connectivity index (χ1n) is 5.20. The molecular formula is C11H18OSi. The molecule has 0 N–H and O–H groups in total. The van der Waals surface area contributed by atoms with E-state index in [4.69, 9.17) is 0 Å². The zero-order valence-corrected chi connectivity index (χ0v) is 9.71. The van der Waals surface area contributed by atoms with Crippen molar-refractivity contribution in [2.75, 3.05) is 0 Å². The molecule has 1 nitrogen and oxygen atoms in total. The van der Waals surface area contributed by atoms with Crippen molar-refractivity contribution in [1.29, 1.82) is 0 Å². The lowest BCUT2D eigenvalue weighted by molar-refractivity contribution is -0.117. The van der Waals surface area contributed by atoms with Crippen LogP contribution < -0.4 is 0 Å². The van der Waals surface area contributed by atoms with Gasteiger partial charge in [-0.1, -0.05) is 25.7 Å². The van der Waals surface area contributed by atoms with Crippen molar-refractivity contribution in [1.82, 2.24) is 0 Å². The van der Waals surface area contributed by atoms with Crippen LogP contribution >= 0.6 is 0 Å². The Morgan fingerprint density at radius 3 is 2.54 bits per heavy atom. The molecule has 0 amide bonds. The smallest absolute Gasteiger partial charge is 0.159 e. The van der Waals surface area contributed by atoms with E-state index in [1.165, 1.54) is 12.8 Å². The summed E-state index contributed by atoms with van der Waals surface area (Å²) in [5, 5.41) is 0. The SMILES string of the molecule is C[Si](C)(C)[C@H]1C[C@@H]2C=CC(=O)[C@@H]2C1. The lowest BCUT2D eigenvalue weighted by Crippen LogP contribution is -2.26. The highest BCUT2D eigenvalue weighted by Crippen LogP contribution is 2.48. The summed E-state index contributed by atoms with van der Waals surface area (Å²) in [6.45, 7) is 7.27. The van der Waals surface area contributed by atoms with Crippen LogP contribution in [0.4, 0.5) is 0 Å². The molecule has 72 valence electrons. The van der Waals surface area contributed by atoms with Crippen LogP contribution in [0.15, 0.2) is 12.2 Å². The maximum atomic E-state index is 11.5. The Kier molecular flexibility index (Phi) is 1.99. The lowest BCUT2D eigenvalue weighted by atomic mass is 9.99. The third kappa shape index (κ3) is 1.52. The second kappa shape index (κ2) is 2.81. The summed E-state index contributed by atoms with van der Waals surface area (Å²) in [4.78, 5) is 11.5. The van der Waals surface area contributed by atoms with Gasteiger partial charge in [-0.15, -0.1) is 0 Å². The number of hydrogen-bond acceptors (Lipinski definition) is 1. The Morgan fingerprint density at radius 1 is 1.31 bits per heavy atom. The Balaban J connectivity index is 2.11. The lowest BCUT2D eigenvalue weighted by Gasteiger charge is -2.24. The van der Waals surface area contributed by atoms with Crippen molar-refractivity contribution < 1.29 is 4.79 Å². The summed E-state index contributed by atoms with van der Waals surface area (Å²) in [6, 6.07) is 0. The predicted molar refractivity (Wildman–Crippen MR) is 57.5 cm³/mol. The molecule has 0 bridgehead atoms. The van der Waals surface area contributed by atoms with E-state index in [0.717, 1.165) is 5.54 Å². The normalized spacial score (nSPS) is 38.4. The predicted octanol–water partition coefficient (Wildman–Crippen LogP) is 2.86. The van der Waals surface area contributed by atoms with E-state index in [2.05, 4.69) is 25.7 Å². The molecule has 2 heteroatoms. The first-order valence-corrected chi connectivity index (χ1v) is 8.78. The average Bonchev–Trinajstić information content (AvgIpc) is 2.51. The fraction of sp³-hybridized carbons (Fsp3) is 0.727. The molecule has 13 heavy (non-hydrogen) atoms. The molecule has 0 aliphatic heterocycles. The van der Waals surface area contributed by atoms with Crippen LogP contribution in [0.2, 0.25) is 25.2 Å². The number of ketones is 1. The maximum Gasteiger partial charge on any atom is 0.159 e. The maximum absolute atomic E-state index is 11.5. The summed E-state index contributed by atoms with van der Waals surface area (Å²) < 4.78 is 0. The molecule has 0 aromatic rings. The summed E-state index contributed by atoms with van der Waals surface area (Å²) >= 11 is 0. The molecule has 1 fully saturated rings. The van der Waals surface area contributed by atoms with Crippen LogP contribution in [0.5, 0.6) is 0 Å². The topological polar surface area (TPSA) is 17.1 Å². The van der Waals surface area contributed by atoms with Gasteiger partial charge in [-0.05, 0) is 30.4 Å². The Bertz CT molecular complexity index is 262. The third-order valence-electron chi connectivity index (χ3n) is 3.71. The summed E-state index contributed by atoms with van der Waals surface area (Å²) in [7, 11) is -1.01. The largest absolute Gasteiger partial charge is 0.295 e. The highest BCUT2D eigenvalue weighted by atomic mass is 28.3. The molecule has 2 aliphatic rings. The van der Waals surface area contributed by atoms with Gasteiger partial charge < -0.3 is 0 Å². The van der Waals surface area contributed by atoms with Crippen LogP contribution in [0, 0.1) is 11.8 Å². The van der Waals surface area contributed by atoms with E-state index >= 15 is 0 Å². The van der Waals surface area contributed by atoms with Crippen molar-refractivity contribution in [3.8, 4) is 0 Å². The molecular weight excluding hydrogens is 176 g/mol. The molecule has 0 aromatic heterocycles. The second-order valence-electron chi connectivity index (χ2n) is 5.57. The molecule has 2 rings (SSSR count). The number of allylic oxidation sites excluding steroid dienone is 2. The monoisotopic (exact) mass is 194 g/mol. The minimum absolute atomic E-state index is 0.372. The van der Waals surface area contributed by atoms with Crippen molar-refractivity contribution in [2.24, 2.45) is 11.8 Å². The molecule has 0 radical (unpaired) electrons.